The highest BCUT2D eigenvalue weighted by molar-refractivity contribution is 5.90. The molecule has 0 atom stereocenters. The Kier molecular flexibility index (Phi) is 128. The van der Waals surface area contributed by atoms with Crippen LogP contribution >= 0.6 is 0 Å². The lowest BCUT2D eigenvalue weighted by Gasteiger charge is -2.20. The van der Waals surface area contributed by atoms with Gasteiger partial charge in [0.2, 0.25) is 59.1 Å². The van der Waals surface area contributed by atoms with Crippen molar-refractivity contribution in [1.82, 2.24) is 50.2 Å². The minimum Gasteiger partial charge on any atom is -0.499 e. The molecule has 0 bridgehead atoms. The van der Waals surface area contributed by atoms with Gasteiger partial charge in [0, 0.05) is 86.1 Å². The summed E-state index contributed by atoms with van der Waals surface area (Å²) in [6.07, 6.45) is 32.6. The van der Waals surface area contributed by atoms with Gasteiger partial charge in [0.25, 0.3) is 0 Å². The van der Waals surface area contributed by atoms with Crippen molar-refractivity contribution in [3.05, 3.63) is 267 Å². The molecule has 0 aliphatic rings. The molecule has 0 aliphatic carbocycles. The van der Waals surface area contributed by atoms with Crippen LogP contribution in [0.4, 0.5) is 0 Å². The van der Waals surface area contributed by atoms with E-state index in [2.05, 4.69) is 168 Å². The third-order valence-electron chi connectivity index (χ3n) is 14.5. The van der Waals surface area contributed by atoms with E-state index < -0.39 is 0 Å². The Balaban J connectivity index is -0.000000159. The van der Waals surface area contributed by atoms with Crippen molar-refractivity contribution in [2.45, 2.75) is 53.4 Å². The second-order valence-corrected chi connectivity index (χ2v) is 24.2. The number of hydrogen-bond donors (Lipinski definition) is 3. The molecule has 0 aromatic heterocycles. The lowest BCUT2D eigenvalue weighted by Crippen LogP contribution is -2.33. The molecule has 0 aromatic rings. The Labute approximate surface area is 795 Å². The highest BCUT2D eigenvalue weighted by Crippen LogP contribution is 2.01. The predicted molar refractivity (Wildman–Crippen MR) is 527 cm³/mol. The monoisotopic (exact) mass is 1880 g/mol. The van der Waals surface area contributed by atoms with Crippen LogP contribution in [-0.2, 0) is 124 Å². The van der Waals surface area contributed by atoms with Gasteiger partial charge in [-0.05, 0) is 87.4 Å². The van der Waals surface area contributed by atoms with Crippen molar-refractivity contribution in [2.75, 3.05) is 245 Å². The molecule has 0 spiro atoms. The molecule has 0 aliphatic heterocycles. The van der Waals surface area contributed by atoms with Crippen LogP contribution in [0.3, 0.4) is 0 Å². The van der Waals surface area contributed by atoms with Gasteiger partial charge in [0.05, 0.1) is 129 Å². The maximum absolute atomic E-state index is 11.5. The molecule has 0 aromatic carbocycles. The average Bonchev–Trinajstić information content (AvgIpc) is 0.960. The van der Waals surface area contributed by atoms with E-state index >= 15 is 0 Å². The fourth-order valence-electron chi connectivity index (χ4n) is 7.56. The van der Waals surface area contributed by atoms with E-state index in [4.69, 9.17) is 75.8 Å². The molecule has 133 heavy (non-hydrogen) atoms. The summed E-state index contributed by atoms with van der Waals surface area (Å²) in [6, 6.07) is 0. The molecule has 756 valence electrons. The first-order chi connectivity index (χ1) is 64.1. The molecule has 36 heteroatoms. The Bertz CT molecular complexity index is 3140. The summed E-state index contributed by atoms with van der Waals surface area (Å²) in [5.74, 6) is -1.29. The van der Waals surface area contributed by atoms with Crippen LogP contribution in [0.1, 0.15) is 53.4 Å². The van der Waals surface area contributed by atoms with Crippen molar-refractivity contribution >= 4 is 59.1 Å². The summed E-state index contributed by atoms with van der Waals surface area (Å²) >= 11 is 0. The standard InChI is InChI=1S/C13H23NO3.C12H21NO3.C11H19NO3.2C10H17NO3.2C9H15NO3.C9H13NO.C8H13NO3.C6H9NO/c1-4-7-8-14(13(15)5-2)9-10-17-12-11-16-6-3;1-4-7-8-13(12(14)5-2)11-16-10-9-15-6-3;1-4-11(13)12(5-2)7-8-15-10-9-14-6-3;1-4-10(12)11(3)6-7-14-9-8-13-5-2;1-4-10(12)11(5-2)9-14-8-7-13-6-3;1-4-9(11)10(3)8-13-7-6-12-5-2;1-3-9(11)10-5-6-13-8-7-12-4-2;1-4-7-10(8-5-2)9(11)6-3;1-3-8(10)9-7-12-6-5-11-4-2;1-3-5-7-6(8)4-2/h5-6H,2-4,7-12H2,1H3;5-6H,2-4,7-11H2,1H3;4,6H,1,3,5,7-10H2,2H3;4-5H,1-2,6-9H2,3H3;4,6H,1,3,5,7-9H2,2H3;4-5H,1-2,6-8H2,3H3;3-4H,1-2,5-8H2,(H,10,11);4-6H,1-3,7-8H2;3-4H,1-2,5-7H2,(H,9,10);3-4H,1-2,5H2,(H,7,8). The number of hydrogen-bond acceptors (Lipinski definition) is 26. The number of nitrogens with zero attached hydrogens (tertiary/aromatic N) is 7. The molecule has 0 fully saturated rings. The molecular formula is C97H162N10O26. The van der Waals surface area contributed by atoms with Crippen LogP contribution in [0.5, 0.6) is 0 Å². The van der Waals surface area contributed by atoms with Crippen LogP contribution in [0, 0.1) is 0 Å². The maximum Gasteiger partial charge on any atom is 0.247 e. The third kappa shape index (κ3) is 115. The second-order valence-electron chi connectivity index (χ2n) is 24.2. The van der Waals surface area contributed by atoms with Crippen LogP contribution in [-0.4, -0.2) is 339 Å². The summed E-state index contributed by atoms with van der Waals surface area (Å²) in [5, 5.41) is 7.54. The van der Waals surface area contributed by atoms with Crippen LogP contribution < -0.4 is 16.0 Å². The lowest BCUT2D eigenvalue weighted by atomic mass is 10.3. The first kappa shape index (κ1) is 141. The molecule has 0 saturated heterocycles. The van der Waals surface area contributed by atoms with E-state index in [9.17, 15) is 47.9 Å². The summed E-state index contributed by atoms with van der Waals surface area (Å²) in [5.41, 5.74) is 0. The van der Waals surface area contributed by atoms with Gasteiger partial charge in [-0.25, -0.2) is 0 Å². The van der Waals surface area contributed by atoms with E-state index in [1.54, 1.807) is 61.7 Å². The van der Waals surface area contributed by atoms with Crippen molar-refractivity contribution < 1.29 is 124 Å². The number of rotatable bonds is 76. The van der Waals surface area contributed by atoms with Crippen molar-refractivity contribution in [3.63, 3.8) is 0 Å². The van der Waals surface area contributed by atoms with Crippen LogP contribution in [0.25, 0.3) is 0 Å². The Morgan fingerprint density at radius 3 is 0.880 bits per heavy atom. The first-order valence-electron chi connectivity index (χ1n) is 42.4. The number of unbranched alkanes of at least 4 members (excludes halogenated alkanes) is 2. The van der Waals surface area contributed by atoms with Gasteiger partial charge in [-0.1, -0.05) is 163 Å². The summed E-state index contributed by atoms with van der Waals surface area (Å²) in [7, 11) is 3.34. The highest BCUT2D eigenvalue weighted by atomic mass is 16.6. The largest absolute Gasteiger partial charge is 0.499 e. The Morgan fingerprint density at radius 2 is 0.534 bits per heavy atom. The number of amides is 10. The van der Waals surface area contributed by atoms with Crippen LogP contribution in [0.15, 0.2) is 267 Å². The molecule has 0 radical (unpaired) electrons. The molecule has 36 nitrogen and oxygen atoms in total. The maximum atomic E-state index is 11.5. The zero-order chi connectivity index (χ0) is 103. The summed E-state index contributed by atoms with van der Waals surface area (Å²) in [4.78, 5) is 121. The van der Waals surface area contributed by atoms with Gasteiger partial charge < -0.3 is 126 Å². The molecule has 3 N–H and O–H groups in total. The second kappa shape index (κ2) is 121. The van der Waals surface area contributed by atoms with E-state index in [0.29, 0.717) is 198 Å². The number of likely N-dealkylation sites (N-methyl/N-ethyl adjacent to an activating group) is 4. The number of ether oxygens (including phenoxy) is 16. The van der Waals surface area contributed by atoms with E-state index in [-0.39, 0.29) is 86.0 Å². The quantitative estimate of drug-likeness (QED) is 0.0167. The van der Waals surface area contributed by atoms with E-state index in [1.165, 1.54) is 116 Å². The minimum atomic E-state index is -0.250. The lowest BCUT2D eigenvalue weighted by molar-refractivity contribution is -0.132. The van der Waals surface area contributed by atoms with Crippen molar-refractivity contribution in [1.29, 1.82) is 0 Å². The predicted octanol–water partition coefficient (Wildman–Crippen LogP) is 10.6. The van der Waals surface area contributed by atoms with Crippen molar-refractivity contribution in [3.8, 4) is 0 Å². The smallest absolute Gasteiger partial charge is 0.247 e. The van der Waals surface area contributed by atoms with Gasteiger partial charge in [-0.3, -0.25) is 47.9 Å². The van der Waals surface area contributed by atoms with Gasteiger partial charge in [0.15, 0.2) is 0 Å². The zero-order valence-corrected chi connectivity index (χ0v) is 80.8. The Morgan fingerprint density at radius 1 is 0.248 bits per heavy atom. The van der Waals surface area contributed by atoms with E-state index in [0.717, 1.165) is 32.2 Å². The molecule has 0 rings (SSSR count). The molecule has 0 saturated carbocycles. The fourth-order valence-corrected chi connectivity index (χ4v) is 7.56. The summed E-state index contributed by atoms with van der Waals surface area (Å²) in [6.45, 7) is 96.4. The highest BCUT2D eigenvalue weighted by Gasteiger charge is 2.13. The zero-order valence-electron chi connectivity index (χ0n) is 80.8. The molecule has 0 heterocycles. The number of carbonyl (C=O) groups excluding carboxylic acids is 10. The average molecular weight is 1880 g/mol. The van der Waals surface area contributed by atoms with Gasteiger partial charge >= 0.3 is 0 Å². The molecule has 10 amide bonds. The van der Waals surface area contributed by atoms with Gasteiger partial charge in [0.1, 0.15) is 79.8 Å². The Hall–Kier alpha value is -12.7. The first-order valence-corrected chi connectivity index (χ1v) is 42.4. The third-order valence-corrected chi connectivity index (χ3v) is 14.5. The van der Waals surface area contributed by atoms with Gasteiger partial charge in [-0.15, -0.1) is 19.7 Å². The van der Waals surface area contributed by atoms with Crippen LogP contribution in [0.2, 0.25) is 0 Å². The minimum absolute atomic E-state index is 0.0376. The number of nitrogens with one attached hydrogen (secondary N) is 3. The number of carbonyl (C=O) groups is 10. The normalized spacial score (nSPS) is 9.07. The van der Waals surface area contributed by atoms with Crippen molar-refractivity contribution in [2.24, 2.45) is 0 Å². The van der Waals surface area contributed by atoms with Gasteiger partial charge in [-0.2, -0.15) is 0 Å². The SMILES string of the molecule is C=CCN(CC=C)C(=O)C=C.C=CCNC(=O)C=C.C=COCCOCCN(C)C(=O)C=C.C=COCCOCCN(CC)C(=O)C=C.C=COCCOCCN(CCCC)C(=O)C=C.C=COCCOCCNC(=O)C=C.C=COCCOCN(C)C(=O)C=C.C=COCCOCN(CC)C(=O)C=C.C=COCCOCN(CCCC)C(=O)C=C.C=COCCOCNC(=O)C=C. The topological polar surface area (TPSA) is 377 Å². The fraction of sp³-hybridized carbons (Fsp3) is 0.464. The molecule has 0 unspecified atom stereocenters. The summed E-state index contributed by atoms with van der Waals surface area (Å²) < 4.78 is 80.3. The van der Waals surface area contributed by atoms with E-state index in [1.807, 2.05) is 13.8 Å². The molecular weight excluding hydrogens is 1720 g/mol.